The SMILES string of the molecule is COc1ccc2c(cnc3cc(OS(=O)(=O)C(F)(F)F)ccc32)c1. The van der Waals surface area contributed by atoms with Crippen molar-refractivity contribution in [3.05, 3.63) is 42.6 Å². The van der Waals surface area contributed by atoms with Crippen molar-refractivity contribution in [2.45, 2.75) is 5.51 Å². The molecule has 0 bridgehead atoms. The molecule has 0 aliphatic heterocycles. The van der Waals surface area contributed by atoms with Crippen LogP contribution in [0.15, 0.2) is 42.6 Å². The highest BCUT2D eigenvalue weighted by atomic mass is 32.2. The predicted octanol–water partition coefficient (Wildman–Crippen LogP) is 3.63. The molecule has 2 aromatic carbocycles. The molecule has 1 aromatic heterocycles. The van der Waals surface area contributed by atoms with Crippen LogP contribution in [-0.4, -0.2) is 26.0 Å². The lowest BCUT2D eigenvalue weighted by atomic mass is 10.1. The van der Waals surface area contributed by atoms with Crippen LogP contribution < -0.4 is 8.92 Å². The minimum Gasteiger partial charge on any atom is -0.497 e. The number of ether oxygens (including phenoxy) is 1. The highest BCUT2D eigenvalue weighted by Gasteiger charge is 2.48. The van der Waals surface area contributed by atoms with Crippen LogP contribution in [0.3, 0.4) is 0 Å². The summed E-state index contributed by atoms with van der Waals surface area (Å²) >= 11 is 0. The van der Waals surface area contributed by atoms with E-state index in [1.54, 1.807) is 18.2 Å². The minimum atomic E-state index is -5.72. The fourth-order valence-electron chi connectivity index (χ4n) is 2.23. The molecule has 0 radical (unpaired) electrons. The number of alkyl halides is 3. The zero-order valence-corrected chi connectivity index (χ0v) is 13.0. The third-order valence-corrected chi connectivity index (χ3v) is 4.33. The first-order valence-corrected chi connectivity index (χ1v) is 7.99. The normalized spacial score (nSPS) is 12.5. The molecule has 0 N–H and O–H groups in total. The third kappa shape index (κ3) is 2.82. The second kappa shape index (κ2) is 5.52. The van der Waals surface area contributed by atoms with Crippen LogP contribution in [0, 0.1) is 0 Å². The molecule has 0 unspecified atom stereocenters. The number of benzene rings is 2. The van der Waals surface area contributed by atoms with Crippen molar-refractivity contribution in [3.63, 3.8) is 0 Å². The van der Waals surface area contributed by atoms with Gasteiger partial charge in [0.15, 0.2) is 0 Å². The maximum absolute atomic E-state index is 12.4. The number of rotatable bonds is 3. The molecule has 3 rings (SSSR count). The van der Waals surface area contributed by atoms with Crippen molar-refractivity contribution in [2.75, 3.05) is 7.11 Å². The van der Waals surface area contributed by atoms with Crippen molar-refractivity contribution in [1.82, 2.24) is 4.98 Å². The molecule has 5 nitrogen and oxygen atoms in total. The summed E-state index contributed by atoms with van der Waals surface area (Å²) in [5.41, 5.74) is -5.18. The van der Waals surface area contributed by atoms with Crippen LogP contribution in [0.2, 0.25) is 0 Å². The maximum atomic E-state index is 12.4. The van der Waals surface area contributed by atoms with Gasteiger partial charge in [0.2, 0.25) is 0 Å². The van der Waals surface area contributed by atoms with Gasteiger partial charge >= 0.3 is 15.6 Å². The first-order valence-electron chi connectivity index (χ1n) is 6.58. The number of methoxy groups -OCH3 is 1. The monoisotopic (exact) mass is 357 g/mol. The summed E-state index contributed by atoms with van der Waals surface area (Å²) in [6.07, 6.45) is 1.52. The fourth-order valence-corrected chi connectivity index (χ4v) is 2.68. The van der Waals surface area contributed by atoms with E-state index in [1.807, 2.05) is 0 Å². The van der Waals surface area contributed by atoms with E-state index in [0.717, 1.165) is 22.9 Å². The van der Waals surface area contributed by atoms with E-state index < -0.39 is 21.4 Å². The first kappa shape index (κ1) is 16.3. The van der Waals surface area contributed by atoms with E-state index in [2.05, 4.69) is 9.17 Å². The zero-order chi connectivity index (χ0) is 17.5. The van der Waals surface area contributed by atoms with Gasteiger partial charge in [-0.15, -0.1) is 0 Å². The molecule has 3 aromatic rings. The zero-order valence-electron chi connectivity index (χ0n) is 12.2. The van der Waals surface area contributed by atoms with E-state index >= 15 is 0 Å². The van der Waals surface area contributed by atoms with E-state index in [9.17, 15) is 21.6 Å². The molecule has 24 heavy (non-hydrogen) atoms. The Morgan fingerprint density at radius 2 is 1.67 bits per heavy atom. The number of halogens is 3. The molecule has 0 aliphatic carbocycles. The van der Waals surface area contributed by atoms with Crippen molar-refractivity contribution < 1.29 is 30.5 Å². The van der Waals surface area contributed by atoms with Crippen LogP contribution in [0.4, 0.5) is 13.2 Å². The quantitative estimate of drug-likeness (QED) is 0.407. The van der Waals surface area contributed by atoms with Crippen molar-refractivity contribution in [1.29, 1.82) is 0 Å². The lowest BCUT2D eigenvalue weighted by Crippen LogP contribution is -2.28. The average molecular weight is 357 g/mol. The summed E-state index contributed by atoms with van der Waals surface area (Å²) in [6, 6.07) is 9.03. The van der Waals surface area contributed by atoms with E-state index in [1.165, 1.54) is 19.4 Å². The Morgan fingerprint density at radius 1 is 1.00 bits per heavy atom. The highest BCUT2D eigenvalue weighted by Crippen LogP contribution is 2.31. The van der Waals surface area contributed by atoms with Crippen LogP contribution >= 0.6 is 0 Å². The van der Waals surface area contributed by atoms with Gasteiger partial charge in [-0.1, -0.05) is 0 Å². The molecule has 0 saturated heterocycles. The van der Waals surface area contributed by atoms with Gasteiger partial charge in [0.25, 0.3) is 0 Å². The summed E-state index contributed by atoms with van der Waals surface area (Å²) in [5, 5.41) is 2.22. The Balaban J connectivity index is 2.08. The number of nitrogens with zero attached hydrogens (tertiary/aromatic N) is 1. The van der Waals surface area contributed by atoms with E-state index in [4.69, 9.17) is 4.74 Å². The predicted molar refractivity (Wildman–Crippen MR) is 81.4 cm³/mol. The molecule has 0 fully saturated rings. The molecule has 0 atom stereocenters. The fraction of sp³-hybridized carbons (Fsp3) is 0.133. The topological polar surface area (TPSA) is 65.5 Å². The Hall–Kier alpha value is -2.55. The lowest BCUT2D eigenvalue weighted by Gasteiger charge is -2.10. The third-order valence-electron chi connectivity index (χ3n) is 3.35. The molecule has 9 heteroatoms. The lowest BCUT2D eigenvalue weighted by molar-refractivity contribution is -0.0500. The summed E-state index contributed by atoms with van der Waals surface area (Å²) < 4.78 is 68.5. The molecule has 0 saturated carbocycles. The largest absolute Gasteiger partial charge is 0.534 e. The van der Waals surface area contributed by atoms with Gasteiger partial charge in [0, 0.05) is 23.0 Å². The van der Waals surface area contributed by atoms with Crippen molar-refractivity contribution >= 4 is 31.8 Å². The molecular formula is C15H10F3NO4S. The van der Waals surface area contributed by atoms with Crippen molar-refractivity contribution in [2.24, 2.45) is 0 Å². The van der Waals surface area contributed by atoms with E-state index in [-0.39, 0.29) is 0 Å². The second-order valence-corrected chi connectivity index (χ2v) is 6.41. The summed E-state index contributed by atoms with van der Waals surface area (Å²) in [7, 11) is -4.19. The standard InChI is InChI=1S/C15H10F3NO4S/c1-22-10-2-4-12-9(6-10)8-19-14-7-11(3-5-13(12)14)23-24(20,21)15(16,17)18/h2-8H,1H3. The molecule has 1 heterocycles. The van der Waals surface area contributed by atoms with Crippen LogP contribution in [0.25, 0.3) is 21.7 Å². The smallest absolute Gasteiger partial charge is 0.497 e. The van der Waals surface area contributed by atoms with Gasteiger partial charge in [-0.25, -0.2) is 0 Å². The Bertz CT molecular complexity index is 1030. The first-order chi connectivity index (χ1) is 11.2. The molecule has 126 valence electrons. The maximum Gasteiger partial charge on any atom is 0.534 e. The minimum absolute atomic E-state index is 0.308. The Morgan fingerprint density at radius 3 is 2.33 bits per heavy atom. The van der Waals surface area contributed by atoms with Crippen LogP contribution in [0.5, 0.6) is 11.5 Å². The number of hydrogen-bond donors (Lipinski definition) is 0. The molecule has 0 spiro atoms. The average Bonchev–Trinajstić information content (AvgIpc) is 2.52. The second-order valence-electron chi connectivity index (χ2n) is 4.87. The van der Waals surface area contributed by atoms with Crippen LogP contribution in [0.1, 0.15) is 0 Å². The van der Waals surface area contributed by atoms with Gasteiger partial charge < -0.3 is 8.92 Å². The van der Waals surface area contributed by atoms with Gasteiger partial charge in [0.1, 0.15) is 11.5 Å². The molecule has 0 aliphatic rings. The number of fused-ring (bicyclic) bond motifs is 3. The highest BCUT2D eigenvalue weighted by molar-refractivity contribution is 7.88. The summed E-state index contributed by atoms with van der Waals surface area (Å²) in [5.74, 6) is 0.181. The van der Waals surface area contributed by atoms with Gasteiger partial charge in [-0.2, -0.15) is 21.6 Å². The Kier molecular flexibility index (Phi) is 3.75. The van der Waals surface area contributed by atoms with Gasteiger partial charge in [0.05, 0.1) is 12.6 Å². The van der Waals surface area contributed by atoms with Gasteiger partial charge in [-0.3, -0.25) is 4.98 Å². The number of pyridine rings is 1. The molecular weight excluding hydrogens is 347 g/mol. The Labute approximate surface area is 134 Å². The van der Waals surface area contributed by atoms with Crippen LogP contribution in [-0.2, 0) is 10.1 Å². The van der Waals surface area contributed by atoms with E-state index in [0.29, 0.717) is 16.7 Å². The number of hydrogen-bond acceptors (Lipinski definition) is 5. The summed E-state index contributed by atoms with van der Waals surface area (Å²) in [4.78, 5) is 4.13. The van der Waals surface area contributed by atoms with Gasteiger partial charge in [-0.05, 0) is 35.7 Å². The van der Waals surface area contributed by atoms with Crippen molar-refractivity contribution in [3.8, 4) is 11.5 Å². The number of aromatic nitrogens is 1. The molecule has 0 amide bonds. The summed E-state index contributed by atoms with van der Waals surface area (Å²) in [6.45, 7) is 0.